The standard InChI is InChI=1S/C9H10N6O3S/c1-4-6(15(17)18)7(14-8(10)12-4)11-2-5-3-19-9(16)13-5/h3H,2H2,1H3,(H,13,16)(H3,10,11,12,14). The van der Waals surface area contributed by atoms with Crippen molar-refractivity contribution in [3.8, 4) is 0 Å². The van der Waals surface area contributed by atoms with Gasteiger partial charge in [0.05, 0.1) is 11.5 Å². The summed E-state index contributed by atoms with van der Waals surface area (Å²) in [6, 6.07) is 0. The van der Waals surface area contributed by atoms with Gasteiger partial charge in [0.25, 0.3) is 0 Å². The zero-order valence-corrected chi connectivity index (χ0v) is 10.7. The number of aromatic amines is 1. The minimum absolute atomic E-state index is 0.0297. The second-order valence-corrected chi connectivity index (χ2v) is 4.49. The number of hydrogen-bond donors (Lipinski definition) is 3. The summed E-state index contributed by atoms with van der Waals surface area (Å²) in [7, 11) is 0. The highest BCUT2D eigenvalue weighted by Gasteiger charge is 2.21. The molecule has 2 aromatic heterocycles. The van der Waals surface area contributed by atoms with E-state index in [-0.39, 0.29) is 34.6 Å². The molecular weight excluding hydrogens is 272 g/mol. The average Bonchev–Trinajstić information content (AvgIpc) is 2.71. The molecule has 2 heterocycles. The van der Waals surface area contributed by atoms with Crippen molar-refractivity contribution in [3.05, 3.63) is 36.5 Å². The molecular formula is C9H10N6O3S. The Morgan fingerprint density at radius 3 is 2.89 bits per heavy atom. The van der Waals surface area contributed by atoms with Crippen molar-refractivity contribution in [1.29, 1.82) is 0 Å². The molecule has 0 fully saturated rings. The summed E-state index contributed by atoms with van der Waals surface area (Å²) in [6.45, 7) is 1.68. The number of rotatable bonds is 4. The van der Waals surface area contributed by atoms with E-state index < -0.39 is 4.92 Å². The van der Waals surface area contributed by atoms with Crippen molar-refractivity contribution in [2.75, 3.05) is 11.1 Å². The van der Waals surface area contributed by atoms with Gasteiger partial charge >= 0.3 is 10.6 Å². The van der Waals surface area contributed by atoms with Gasteiger partial charge in [-0.25, -0.2) is 4.98 Å². The van der Waals surface area contributed by atoms with E-state index in [2.05, 4.69) is 20.3 Å². The van der Waals surface area contributed by atoms with E-state index in [1.54, 1.807) is 5.38 Å². The van der Waals surface area contributed by atoms with Gasteiger partial charge in [-0.15, -0.1) is 0 Å². The van der Waals surface area contributed by atoms with E-state index >= 15 is 0 Å². The largest absolute Gasteiger partial charge is 0.368 e. The summed E-state index contributed by atoms with van der Waals surface area (Å²) in [5.74, 6) is -0.0218. The number of hydrogen-bond acceptors (Lipinski definition) is 8. The molecule has 0 amide bonds. The van der Waals surface area contributed by atoms with Crippen molar-refractivity contribution in [2.45, 2.75) is 13.5 Å². The highest BCUT2D eigenvalue weighted by Crippen LogP contribution is 2.25. The molecule has 0 radical (unpaired) electrons. The van der Waals surface area contributed by atoms with Gasteiger partial charge in [0, 0.05) is 11.1 Å². The van der Waals surface area contributed by atoms with Crippen LogP contribution in [0.4, 0.5) is 17.5 Å². The van der Waals surface area contributed by atoms with Crippen LogP contribution in [0.3, 0.4) is 0 Å². The number of nitrogens with zero attached hydrogens (tertiary/aromatic N) is 3. The molecule has 0 aromatic carbocycles. The fourth-order valence-corrected chi connectivity index (χ4v) is 2.09. The lowest BCUT2D eigenvalue weighted by molar-refractivity contribution is -0.385. The van der Waals surface area contributed by atoms with E-state index in [0.29, 0.717) is 5.69 Å². The molecule has 10 heteroatoms. The molecule has 0 bridgehead atoms. The molecule has 9 nitrogen and oxygen atoms in total. The fraction of sp³-hybridized carbons (Fsp3) is 0.222. The van der Waals surface area contributed by atoms with Gasteiger partial charge in [-0.1, -0.05) is 11.3 Å². The number of thiazole rings is 1. The van der Waals surface area contributed by atoms with Gasteiger partial charge in [0.1, 0.15) is 5.69 Å². The molecule has 0 unspecified atom stereocenters. The molecule has 0 aliphatic heterocycles. The molecule has 2 aromatic rings. The lowest BCUT2D eigenvalue weighted by atomic mass is 10.3. The zero-order chi connectivity index (χ0) is 14.0. The van der Waals surface area contributed by atoms with Gasteiger partial charge in [-0.05, 0) is 6.92 Å². The summed E-state index contributed by atoms with van der Waals surface area (Å²) in [5.41, 5.74) is 6.02. The minimum Gasteiger partial charge on any atom is -0.368 e. The predicted molar refractivity (Wildman–Crippen MR) is 70.1 cm³/mol. The van der Waals surface area contributed by atoms with Crippen molar-refractivity contribution >= 4 is 28.8 Å². The summed E-state index contributed by atoms with van der Waals surface area (Å²) >= 11 is 1.01. The van der Waals surface area contributed by atoms with Crippen molar-refractivity contribution in [3.63, 3.8) is 0 Å². The Kier molecular flexibility index (Phi) is 3.42. The van der Waals surface area contributed by atoms with Gasteiger partial charge in [0.2, 0.25) is 11.8 Å². The smallest absolute Gasteiger partial charge is 0.332 e. The molecule has 0 saturated heterocycles. The third kappa shape index (κ3) is 2.85. The first kappa shape index (κ1) is 13.0. The number of H-pyrrole nitrogens is 1. The van der Waals surface area contributed by atoms with E-state index in [4.69, 9.17) is 5.73 Å². The van der Waals surface area contributed by atoms with E-state index in [9.17, 15) is 14.9 Å². The number of aryl methyl sites for hydroxylation is 1. The third-order valence-electron chi connectivity index (χ3n) is 2.28. The monoisotopic (exact) mass is 282 g/mol. The van der Waals surface area contributed by atoms with Crippen LogP contribution in [0.1, 0.15) is 11.4 Å². The van der Waals surface area contributed by atoms with Gasteiger partial charge in [0.15, 0.2) is 0 Å². The van der Waals surface area contributed by atoms with Crippen molar-refractivity contribution < 1.29 is 4.92 Å². The van der Waals surface area contributed by atoms with Crippen LogP contribution in [0.15, 0.2) is 10.2 Å². The Balaban J connectivity index is 2.28. The minimum atomic E-state index is -0.576. The molecule has 4 N–H and O–H groups in total. The molecule has 19 heavy (non-hydrogen) atoms. The number of aromatic nitrogens is 3. The maximum Gasteiger partial charge on any atom is 0.332 e. The maximum atomic E-state index is 11.0. The highest BCUT2D eigenvalue weighted by atomic mass is 32.1. The average molecular weight is 282 g/mol. The Morgan fingerprint density at radius 2 is 2.32 bits per heavy atom. The SMILES string of the molecule is Cc1nc(N)nc(NCc2csc(=O)[nH]2)c1[N+](=O)[O-]. The molecule has 2 rings (SSSR count). The third-order valence-corrected chi connectivity index (χ3v) is 2.99. The second kappa shape index (κ2) is 5.02. The van der Waals surface area contributed by atoms with Crippen LogP contribution in [-0.2, 0) is 6.54 Å². The molecule has 0 aliphatic carbocycles. The van der Waals surface area contributed by atoms with Crippen LogP contribution in [0.5, 0.6) is 0 Å². The zero-order valence-electron chi connectivity index (χ0n) is 9.84. The lowest BCUT2D eigenvalue weighted by Gasteiger charge is -2.07. The molecule has 0 saturated carbocycles. The first-order valence-corrected chi connectivity index (χ1v) is 6.04. The Hall–Kier alpha value is -2.49. The van der Waals surface area contributed by atoms with Crippen LogP contribution in [0.25, 0.3) is 0 Å². The second-order valence-electron chi connectivity index (χ2n) is 3.65. The molecule has 0 spiro atoms. The van der Waals surface area contributed by atoms with Crippen LogP contribution in [0.2, 0.25) is 0 Å². The summed E-state index contributed by atoms with van der Waals surface area (Å²) in [4.78, 5) is 31.3. The van der Waals surface area contributed by atoms with Crippen molar-refractivity contribution in [1.82, 2.24) is 15.0 Å². The first-order chi connectivity index (χ1) is 8.97. The van der Waals surface area contributed by atoms with Gasteiger partial charge in [-0.2, -0.15) is 4.98 Å². The highest BCUT2D eigenvalue weighted by molar-refractivity contribution is 7.07. The number of nitro groups is 1. The Morgan fingerprint density at radius 1 is 1.58 bits per heavy atom. The van der Waals surface area contributed by atoms with Gasteiger partial charge in [-0.3, -0.25) is 14.9 Å². The number of nitrogen functional groups attached to an aromatic ring is 1. The topological polar surface area (TPSA) is 140 Å². The van der Waals surface area contributed by atoms with E-state index in [0.717, 1.165) is 11.3 Å². The Labute approximate surface area is 110 Å². The van der Waals surface area contributed by atoms with Crippen LogP contribution < -0.4 is 15.9 Å². The van der Waals surface area contributed by atoms with Crippen LogP contribution in [-0.4, -0.2) is 19.9 Å². The summed E-state index contributed by atoms with van der Waals surface area (Å²) < 4.78 is 0. The lowest BCUT2D eigenvalue weighted by Crippen LogP contribution is -2.10. The van der Waals surface area contributed by atoms with Crippen molar-refractivity contribution in [2.24, 2.45) is 0 Å². The normalized spacial score (nSPS) is 10.4. The predicted octanol–water partition coefficient (Wildman–Crippen LogP) is 0.637. The van der Waals surface area contributed by atoms with E-state index in [1.165, 1.54) is 6.92 Å². The van der Waals surface area contributed by atoms with Crippen LogP contribution in [0, 0.1) is 17.0 Å². The molecule has 0 aliphatic rings. The number of anilines is 2. The summed E-state index contributed by atoms with van der Waals surface area (Å²) in [5, 5.41) is 15.4. The van der Waals surface area contributed by atoms with Gasteiger partial charge < -0.3 is 16.0 Å². The number of nitrogens with one attached hydrogen (secondary N) is 2. The van der Waals surface area contributed by atoms with E-state index in [1.807, 2.05) is 0 Å². The quantitative estimate of drug-likeness (QED) is 0.552. The molecule has 100 valence electrons. The summed E-state index contributed by atoms with van der Waals surface area (Å²) in [6.07, 6.45) is 0. The fourth-order valence-electron chi connectivity index (χ4n) is 1.51. The molecule has 0 atom stereocenters. The maximum absolute atomic E-state index is 11.0. The number of nitrogens with two attached hydrogens (primary N) is 1. The Bertz CT molecular complexity index is 679. The first-order valence-electron chi connectivity index (χ1n) is 5.16. The van der Waals surface area contributed by atoms with Crippen LogP contribution >= 0.6 is 11.3 Å².